The fourth-order valence-corrected chi connectivity index (χ4v) is 5.15. The number of hydrogen-bond acceptors (Lipinski definition) is 0. The molecule has 2 aromatic heterocycles. The van der Waals surface area contributed by atoms with Gasteiger partial charge < -0.3 is 9.13 Å². The van der Waals surface area contributed by atoms with Gasteiger partial charge in [0.05, 0.1) is 16.6 Å². The molecule has 6 aromatic rings. The van der Waals surface area contributed by atoms with Crippen LogP contribution in [0.4, 0.5) is 13.2 Å². The zero-order valence-electron chi connectivity index (χ0n) is 17.3. The van der Waals surface area contributed by atoms with Gasteiger partial charge >= 0.3 is 6.18 Å². The third-order valence-corrected chi connectivity index (χ3v) is 6.59. The highest BCUT2D eigenvalue weighted by Crippen LogP contribution is 2.40. The minimum atomic E-state index is -4.36. The van der Waals surface area contributed by atoms with Gasteiger partial charge in [-0.05, 0) is 37.3 Å². The summed E-state index contributed by atoms with van der Waals surface area (Å²) in [7, 11) is 3.99. The molecule has 2 nitrogen and oxygen atoms in total. The lowest BCUT2D eigenvalue weighted by Crippen LogP contribution is -2.04. The van der Waals surface area contributed by atoms with E-state index < -0.39 is 11.7 Å². The van der Waals surface area contributed by atoms with Crippen molar-refractivity contribution < 1.29 is 13.2 Å². The molecule has 0 saturated carbocycles. The molecule has 0 aliphatic heterocycles. The molecule has 4 aromatic carbocycles. The quantitative estimate of drug-likeness (QED) is 0.243. The van der Waals surface area contributed by atoms with Crippen LogP contribution >= 0.6 is 0 Å². The Balaban J connectivity index is 1.79. The van der Waals surface area contributed by atoms with Gasteiger partial charge in [-0.15, -0.1) is 0 Å². The molecule has 0 atom stereocenters. The van der Waals surface area contributed by atoms with Gasteiger partial charge in [-0.2, -0.15) is 13.2 Å². The molecule has 2 heterocycles. The second kappa shape index (κ2) is 5.82. The lowest BCUT2D eigenvalue weighted by molar-refractivity contribution is -0.137. The highest BCUT2D eigenvalue weighted by Gasteiger charge is 2.31. The molecule has 0 aliphatic rings. The van der Waals surface area contributed by atoms with Crippen LogP contribution in [0.15, 0.2) is 60.7 Å². The van der Waals surface area contributed by atoms with E-state index in [1.165, 1.54) is 27.9 Å². The van der Waals surface area contributed by atoms with Crippen LogP contribution in [0, 0.1) is 6.92 Å². The molecule has 0 spiro atoms. The lowest BCUT2D eigenvalue weighted by Gasteiger charge is -2.07. The Labute approximate surface area is 176 Å². The van der Waals surface area contributed by atoms with Crippen LogP contribution in [0.3, 0.4) is 0 Å². The van der Waals surface area contributed by atoms with Gasteiger partial charge in [-0.25, -0.2) is 0 Å². The molecule has 0 saturated heterocycles. The Bertz CT molecular complexity index is 1700. The van der Waals surface area contributed by atoms with Crippen LogP contribution in [0.25, 0.3) is 54.4 Å². The average Bonchev–Trinajstić information content (AvgIpc) is 3.19. The molecule has 6 rings (SSSR count). The summed E-state index contributed by atoms with van der Waals surface area (Å²) in [5, 5.41) is 6.01. The van der Waals surface area contributed by atoms with Crippen LogP contribution in [0.5, 0.6) is 0 Å². The Hall–Kier alpha value is -3.47. The first kappa shape index (κ1) is 18.3. The number of aromatic nitrogens is 2. The van der Waals surface area contributed by atoms with E-state index in [1.807, 2.05) is 23.7 Å². The molecule has 0 bridgehead atoms. The summed E-state index contributed by atoms with van der Waals surface area (Å²) in [6, 6.07) is 18.7. The molecule has 0 aliphatic carbocycles. The van der Waals surface area contributed by atoms with Crippen molar-refractivity contribution in [2.24, 2.45) is 14.1 Å². The minimum absolute atomic E-state index is 0.618. The van der Waals surface area contributed by atoms with E-state index >= 15 is 0 Å². The normalized spacial score (nSPS) is 12.8. The molecule has 154 valence electrons. The smallest absolute Gasteiger partial charge is 0.343 e. The van der Waals surface area contributed by atoms with Crippen molar-refractivity contribution in [1.29, 1.82) is 0 Å². The summed E-state index contributed by atoms with van der Waals surface area (Å²) in [5.74, 6) is 0. The summed E-state index contributed by atoms with van der Waals surface area (Å²) in [6.45, 7) is 2.09. The lowest BCUT2D eigenvalue weighted by atomic mass is 10.0. The van der Waals surface area contributed by atoms with E-state index in [-0.39, 0.29) is 0 Å². The third kappa shape index (κ3) is 2.34. The van der Waals surface area contributed by atoms with Crippen LogP contribution in [-0.4, -0.2) is 9.13 Å². The monoisotopic (exact) mass is 416 g/mol. The number of benzene rings is 4. The predicted octanol–water partition coefficient (Wildman–Crippen LogP) is 7.46. The van der Waals surface area contributed by atoms with Crippen LogP contribution in [0.2, 0.25) is 0 Å². The van der Waals surface area contributed by atoms with Crippen molar-refractivity contribution in [3.05, 3.63) is 71.8 Å². The molecular weight excluding hydrogens is 397 g/mol. The number of hydrogen-bond donors (Lipinski definition) is 0. The Kier molecular flexibility index (Phi) is 3.43. The van der Waals surface area contributed by atoms with Crippen molar-refractivity contribution in [3.63, 3.8) is 0 Å². The molecular formula is C26H19F3N2. The highest BCUT2D eigenvalue weighted by atomic mass is 19.4. The zero-order chi connectivity index (χ0) is 21.7. The standard InChI is InChI=1S/C26H19F3N2/c1-14-4-10-22-20(12-14)18-8-6-17-16(24(18)30(22)2)7-9-19-21-13-15(26(27,28)29)5-11-23(21)31(3)25(17)19/h4-13H,1-3H3. The fourth-order valence-electron chi connectivity index (χ4n) is 5.15. The first-order chi connectivity index (χ1) is 14.8. The van der Waals surface area contributed by atoms with Gasteiger partial charge in [-0.3, -0.25) is 0 Å². The number of alkyl halides is 3. The molecule has 31 heavy (non-hydrogen) atoms. The highest BCUT2D eigenvalue weighted by molar-refractivity contribution is 6.25. The van der Waals surface area contributed by atoms with Gasteiger partial charge in [0.25, 0.3) is 0 Å². The van der Waals surface area contributed by atoms with Crippen molar-refractivity contribution in [3.8, 4) is 0 Å². The summed E-state index contributed by atoms with van der Waals surface area (Å²) < 4.78 is 44.2. The van der Waals surface area contributed by atoms with E-state index in [0.29, 0.717) is 5.39 Å². The van der Waals surface area contributed by atoms with Gasteiger partial charge in [0, 0.05) is 57.4 Å². The van der Waals surface area contributed by atoms with E-state index in [4.69, 9.17) is 0 Å². The third-order valence-electron chi connectivity index (χ3n) is 6.59. The fraction of sp³-hybridized carbons (Fsp3) is 0.154. The summed E-state index contributed by atoms with van der Waals surface area (Å²) >= 11 is 0. The van der Waals surface area contributed by atoms with E-state index in [2.05, 4.69) is 48.9 Å². The number of nitrogens with zero attached hydrogens (tertiary/aromatic N) is 2. The summed E-state index contributed by atoms with van der Waals surface area (Å²) in [6.07, 6.45) is -4.36. The number of fused-ring (bicyclic) bond motifs is 9. The maximum Gasteiger partial charge on any atom is 0.416 e. The van der Waals surface area contributed by atoms with Crippen molar-refractivity contribution >= 4 is 54.4 Å². The average molecular weight is 416 g/mol. The topological polar surface area (TPSA) is 9.86 Å². The van der Waals surface area contributed by atoms with Gasteiger partial charge in [0.15, 0.2) is 0 Å². The van der Waals surface area contributed by atoms with E-state index in [9.17, 15) is 13.2 Å². The first-order valence-corrected chi connectivity index (χ1v) is 10.2. The summed E-state index contributed by atoms with van der Waals surface area (Å²) in [4.78, 5) is 0. The maximum atomic E-state index is 13.3. The van der Waals surface area contributed by atoms with Crippen molar-refractivity contribution in [1.82, 2.24) is 9.13 Å². The zero-order valence-corrected chi connectivity index (χ0v) is 17.3. The SMILES string of the molecule is Cc1ccc2c(c1)c1ccc3c(ccc4c5cc(C(F)(F)F)ccc5n(C)c43)c1n2C. The van der Waals surface area contributed by atoms with Gasteiger partial charge in [0.1, 0.15) is 0 Å². The molecule has 0 fully saturated rings. The van der Waals surface area contributed by atoms with E-state index in [0.717, 1.165) is 38.8 Å². The number of rotatable bonds is 0. The Morgan fingerprint density at radius 3 is 1.55 bits per heavy atom. The molecule has 0 unspecified atom stereocenters. The molecule has 0 amide bonds. The molecule has 0 N–H and O–H groups in total. The number of halogens is 3. The van der Waals surface area contributed by atoms with Crippen LogP contribution < -0.4 is 0 Å². The Morgan fingerprint density at radius 1 is 0.581 bits per heavy atom. The number of aryl methyl sites for hydroxylation is 3. The van der Waals surface area contributed by atoms with E-state index in [1.54, 1.807) is 6.07 Å². The summed E-state index contributed by atoms with van der Waals surface area (Å²) in [5.41, 5.74) is 4.65. The second-order valence-corrected chi connectivity index (χ2v) is 8.39. The Morgan fingerprint density at radius 2 is 1.03 bits per heavy atom. The van der Waals surface area contributed by atoms with Gasteiger partial charge in [-0.1, -0.05) is 35.9 Å². The van der Waals surface area contributed by atoms with Crippen molar-refractivity contribution in [2.75, 3.05) is 0 Å². The first-order valence-electron chi connectivity index (χ1n) is 10.2. The predicted molar refractivity (Wildman–Crippen MR) is 122 cm³/mol. The largest absolute Gasteiger partial charge is 0.416 e. The van der Waals surface area contributed by atoms with Gasteiger partial charge in [0.2, 0.25) is 0 Å². The van der Waals surface area contributed by atoms with Crippen LogP contribution in [0.1, 0.15) is 11.1 Å². The second-order valence-electron chi connectivity index (χ2n) is 8.39. The van der Waals surface area contributed by atoms with Crippen molar-refractivity contribution in [2.45, 2.75) is 13.1 Å². The minimum Gasteiger partial charge on any atom is -0.343 e. The maximum absolute atomic E-state index is 13.3. The molecule has 5 heteroatoms. The van der Waals surface area contributed by atoms with Crippen LogP contribution in [-0.2, 0) is 20.3 Å². The molecule has 0 radical (unpaired) electrons.